The third-order valence-electron chi connectivity index (χ3n) is 4.23. The summed E-state index contributed by atoms with van der Waals surface area (Å²) in [6, 6.07) is 10.7. The molecule has 3 rings (SSSR count). The molecule has 2 nitrogen and oxygen atoms in total. The van der Waals surface area contributed by atoms with Crippen LogP contribution >= 0.6 is 0 Å². The first kappa shape index (κ1) is 15.5. The number of nitrogens with zero attached hydrogens (tertiary/aromatic N) is 2. The molecule has 2 aliphatic heterocycles. The molecule has 0 aliphatic carbocycles. The zero-order valence-corrected chi connectivity index (χ0v) is 14.5. The third kappa shape index (κ3) is 3.08. The van der Waals surface area contributed by atoms with Crippen LogP contribution in [0.25, 0.3) is 0 Å². The number of allylic oxidation sites excluding steroid dienone is 1. The van der Waals surface area contributed by atoms with Gasteiger partial charge in [0.15, 0.2) is 11.8 Å². The molecule has 0 atom stereocenters. The summed E-state index contributed by atoms with van der Waals surface area (Å²) in [5.41, 5.74) is 2.94. The fourth-order valence-electron chi connectivity index (χ4n) is 3.20. The zero-order valence-electron chi connectivity index (χ0n) is 12.3. The maximum Gasteiger partial charge on any atom is 0.205 e. The van der Waals surface area contributed by atoms with Gasteiger partial charge in [0.1, 0.15) is 0 Å². The number of hydrogen-bond donors (Lipinski definition) is 0. The molecule has 0 N–H and O–H groups in total. The van der Waals surface area contributed by atoms with Crippen molar-refractivity contribution in [2.45, 2.75) is 38.6 Å². The summed E-state index contributed by atoms with van der Waals surface area (Å²) in [5, 5.41) is 0. The first-order valence-corrected chi connectivity index (χ1v) is 7.30. The van der Waals surface area contributed by atoms with Gasteiger partial charge in [0.2, 0.25) is 5.69 Å². The molecule has 1 saturated heterocycles. The predicted octanol–water partition coefficient (Wildman–Crippen LogP) is 0.567. The monoisotopic (exact) mass is 382 g/mol. The van der Waals surface area contributed by atoms with Crippen LogP contribution in [0, 0.1) is 0 Å². The Labute approximate surface area is 139 Å². The smallest absolute Gasteiger partial charge is 0.205 e. The fraction of sp³-hybridized carbons (Fsp3) is 0.471. The Morgan fingerprint density at radius 2 is 1.70 bits per heavy atom. The summed E-state index contributed by atoms with van der Waals surface area (Å²) in [6.45, 7) is 7.14. The van der Waals surface area contributed by atoms with Gasteiger partial charge in [-0.2, -0.15) is 4.58 Å². The summed E-state index contributed by atoms with van der Waals surface area (Å²) in [4.78, 5) is 2.56. The van der Waals surface area contributed by atoms with E-state index in [1.54, 1.807) is 0 Å². The number of hydrogen-bond acceptors (Lipinski definition) is 1. The van der Waals surface area contributed by atoms with Crippen molar-refractivity contribution < 1.29 is 28.6 Å². The van der Waals surface area contributed by atoms with E-state index >= 15 is 0 Å². The lowest BCUT2D eigenvalue weighted by molar-refractivity contribution is -0.522. The van der Waals surface area contributed by atoms with Crippen LogP contribution < -0.4 is 24.0 Å². The van der Waals surface area contributed by atoms with Gasteiger partial charge in [0, 0.05) is 50.8 Å². The Morgan fingerprint density at radius 3 is 2.30 bits per heavy atom. The van der Waals surface area contributed by atoms with E-state index in [1.165, 1.54) is 37.3 Å². The zero-order chi connectivity index (χ0) is 13.3. The highest BCUT2D eigenvalue weighted by atomic mass is 127. The Morgan fingerprint density at radius 1 is 1.05 bits per heavy atom. The van der Waals surface area contributed by atoms with Crippen LogP contribution in [0.1, 0.15) is 33.1 Å². The van der Waals surface area contributed by atoms with Gasteiger partial charge in [-0.05, 0) is 12.8 Å². The second-order valence-electron chi connectivity index (χ2n) is 6.20. The van der Waals surface area contributed by atoms with E-state index in [1.807, 2.05) is 0 Å². The largest absolute Gasteiger partial charge is 1.00 e. The molecule has 0 bridgehead atoms. The van der Waals surface area contributed by atoms with Gasteiger partial charge in [-0.15, -0.1) is 0 Å². The van der Waals surface area contributed by atoms with Crippen molar-refractivity contribution >= 4 is 11.9 Å². The summed E-state index contributed by atoms with van der Waals surface area (Å²) in [7, 11) is 0. The van der Waals surface area contributed by atoms with Crippen molar-refractivity contribution in [1.82, 2.24) is 4.90 Å². The van der Waals surface area contributed by atoms with Crippen LogP contribution in [0.3, 0.4) is 0 Å². The highest BCUT2D eigenvalue weighted by molar-refractivity contribution is 5.70. The van der Waals surface area contributed by atoms with Gasteiger partial charge in [-0.3, -0.25) is 0 Å². The van der Waals surface area contributed by atoms with E-state index < -0.39 is 0 Å². The van der Waals surface area contributed by atoms with Crippen molar-refractivity contribution in [3.63, 3.8) is 0 Å². The first-order chi connectivity index (χ1) is 9.17. The standard InChI is InChI=1S/C17H23N2.HI/c1-17(2)14-16(18-11-6-7-12-18)10-13-19(17)15-8-4-3-5-9-15;/h3-5,8-10,13H,6-7,11-12,14H2,1-2H3;1H/q+1;/p-1. The van der Waals surface area contributed by atoms with Gasteiger partial charge in [-0.25, -0.2) is 0 Å². The van der Waals surface area contributed by atoms with E-state index in [4.69, 9.17) is 0 Å². The van der Waals surface area contributed by atoms with Gasteiger partial charge in [0.05, 0.1) is 6.42 Å². The molecule has 1 aromatic rings. The van der Waals surface area contributed by atoms with Crippen LogP contribution in [0.15, 0.2) is 42.1 Å². The van der Waals surface area contributed by atoms with Gasteiger partial charge >= 0.3 is 0 Å². The number of benzene rings is 1. The molecular formula is C17H23IN2. The molecule has 0 unspecified atom stereocenters. The van der Waals surface area contributed by atoms with E-state index in [-0.39, 0.29) is 29.5 Å². The molecule has 0 saturated carbocycles. The van der Waals surface area contributed by atoms with Crippen molar-refractivity contribution in [3.8, 4) is 0 Å². The molecule has 0 amide bonds. The Kier molecular flexibility index (Phi) is 4.89. The van der Waals surface area contributed by atoms with Gasteiger partial charge in [-0.1, -0.05) is 18.2 Å². The molecule has 1 aromatic carbocycles. The minimum atomic E-state index is 0. The van der Waals surface area contributed by atoms with E-state index in [0.29, 0.717) is 0 Å². The Balaban J connectivity index is 0.00000147. The maximum atomic E-state index is 2.56. The van der Waals surface area contributed by atoms with Crippen molar-refractivity contribution in [2.75, 3.05) is 13.1 Å². The second kappa shape index (κ2) is 6.29. The average molecular weight is 382 g/mol. The molecule has 108 valence electrons. The first-order valence-electron chi connectivity index (χ1n) is 7.30. The summed E-state index contributed by atoms with van der Waals surface area (Å²) >= 11 is 0. The van der Waals surface area contributed by atoms with Crippen LogP contribution in [-0.4, -0.2) is 34.3 Å². The van der Waals surface area contributed by atoms with Crippen molar-refractivity contribution in [3.05, 3.63) is 42.1 Å². The van der Waals surface area contributed by atoms with Gasteiger partial charge < -0.3 is 28.9 Å². The third-order valence-corrected chi connectivity index (χ3v) is 4.23. The summed E-state index contributed by atoms with van der Waals surface area (Å²) in [5.74, 6) is 0. The van der Waals surface area contributed by atoms with Gasteiger partial charge in [0.25, 0.3) is 0 Å². The Hall–Kier alpha value is -0.840. The highest BCUT2D eigenvalue weighted by Crippen LogP contribution is 2.31. The number of halogens is 1. The molecule has 3 heteroatoms. The molecule has 0 aromatic heterocycles. The maximum absolute atomic E-state index is 2.56. The van der Waals surface area contributed by atoms with Crippen LogP contribution in [0.5, 0.6) is 0 Å². The quantitative estimate of drug-likeness (QED) is 0.536. The lowest BCUT2D eigenvalue weighted by atomic mass is 9.93. The van der Waals surface area contributed by atoms with E-state index in [9.17, 15) is 0 Å². The number of likely N-dealkylation sites (tertiary alicyclic amines) is 1. The van der Waals surface area contributed by atoms with Crippen LogP contribution in [-0.2, 0) is 0 Å². The van der Waals surface area contributed by atoms with Crippen LogP contribution in [0.4, 0.5) is 5.69 Å². The molecule has 0 radical (unpaired) electrons. The van der Waals surface area contributed by atoms with Crippen molar-refractivity contribution in [2.24, 2.45) is 0 Å². The molecule has 2 aliphatic rings. The lowest BCUT2D eigenvalue weighted by Gasteiger charge is -2.31. The number of rotatable bonds is 2. The fourth-order valence-corrected chi connectivity index (χ4v) is 3.20. The van der Waals surface area contributed by atoms with E-state index in [0.717, 1.165) is 6.42 Å². The normalized spacial score (nSPS) is 21.0. The lowest BCUT2D eigenvalue weighted by Crippen LogP contribution is -3.00. The van der Waals surface area contributed by atoms with E-state index in [2.05, 4.69) is 65.9 Å². The molecule has 1 fully saturated rings. The summed E-state index contributed by atoms with van der Waals surface area (Å²) in [6.07, 6.45) is 8.38. The average Bonchev–Trinajstić information content (AvgIpc) is 2.92. The SMILES string of the molecule is CC1(C)CC(N2CCCC2)=CC=[N+]1c1ccccc1.[I-]. The Bertz CT molecular complexity index is 511. The molecule has 0 spiro atoms. The molecule has 2 heterocycles. The summed E-state index contributed by atoms with van der Waals surface area (Å²) < 4.78 is 2.40. The van der Waals surface area contributed by atoms with Crippen LogP contribution in [0.2, 0.25) is 0 Å². The minimum absolute atomic E-state index is 0. The molecule has 20 heavy (non-hydrogen) atoms. The minimum Gasteiger partial charge on any atom is -1.00 e. The topological polar surface area (TPSA) is 6.25 Å². The highest BCUT2D eigenvalue weighted by Gasteiger charge is 2.37. The van der Waals surface area contributed by atoms with Crippen molar-refractivity contribution in [1.29, 1.82) is 0 Å². The number of para-hydroxylation sites is 1. The molecular weight excluding hydrogens is 359 g/mol. The predicted molar refractivity (Wildman–Crippen MR) is 80.0 cm³/mol. The second-order valence-corrected chi connectivity index (χ2v) is 6.20.